The molecule has 2 aromatic carbocycles. The third-order valence-electron chi connectivity index (χ3n) is 2.87. The lowest BCUT2D eigenvalue weighted by Crippen LogP contribution is -2.13. The highest BCUT2D eigenvalue weighted by atomic mass is 19.1. The number of nitrogens with one attached hydrogen (secondary N) is 1. The minimum Gasteiger partial charge on any atom is -0.478 e. The molecule has 0 atom stereocenters. The Balaban J connectivity index is 1.93. The van der Waals surface area contributed by atoms with E-state index >= 15 is 0 Å². The van der Waals surface area contributed by atoms with Gasteiger partial charge in [-0.05, 0) is 29.8 Å². The topological polar surface area (TPSA) is 75.6 Å². The lowest BCUT2D eigenvalue weighted by Gasteiger charge is -2.08. The molecule has 2 N–H and O–H groups in total. The molecule has 0 saturated carbocycles. The van der Waals surface area contributed by atoms with Crippen molar-refractivity contribution in [1.82, 2.24) is 0 Å². The lowest BCUT2D eigenvalue weighted by molar-refractivity contribution is -0.131. The number of rotatable bonds is 5. The summed E-state index contributed by atoms with van der Waals surface area (Å²) in [6.07, 6.45) is 1.26. The molecule has 0 heterocycles. The molecule has 0 unspecified atom stereocenters. The number of benzene rings is 2. The summed E-state index contributed by atoms with van der Waals surface area (Å²) in [6, 6.07) is 13.0. The number of aliphatic carboxylic acids is 1. The molecule has 2 aromatic rings. The molecule has 0 aliphatic carbocycles. The Hall–Kier alpha value is -3.15. The first-order valence-corrected chi connectivity index (χ1v) is 6.73. The van der Waals surface area contributed by atoms with E-state index in [0.29, 0.717) is 0 Å². The number of halogens is 1. The Morgan fingerprint density at radius 1 is 1.17 bits per heavy atom. The van der Waals surface area contributed by atoms with Gasteiger partial charge < -0.3 is 9.84 Å². The Kier molecular flexibility index (Phi) is 5.46. The number of ether oxygens (including phenoxy) is 1. The number of carbonyl (C=O) groups is 2. The highest BCUT2D eigenvalue weighted by molar-refractivity contribution is 5.86. The van der Waals surface area contributed by atoms with Gasteiger partial charge in [-0.2, -0.15) is 0 Å². The molecule has 0 aliphatic heterocycles. The maximum Gasteiger partial charge on any atom is 0.411 e. The second-order valence-electron chi connectivity index (χ2n) is 4.59. The highest BCUT2D eigenvalue weighted by Gasteiger charge is 2.06. The molecular formula is C17H14FNO4. The Morgan fingerprint density at radius 3 is 2.57 bits per heavy atom. The number of amides is 1. The van der Waals surface area contributed by atoms with Crippen LogP contribution in [-0.4, -0.2) is 17.2 Å². The number of carbonyl (C=O) groups excluding carboxylic acids is 1. The molecule has 5 nitrogen and oxygen atoms in total. The summed E-state index contributed by atoms with van der Waals surface area (Å²) in [5.74, 6) is -1.82. The summed E-state index contributed by atoms with van der Waals surface area (Å²) in [5, 5.41) is 10.9. The van der Waals surface area contributed by atoms with Crippen molar-refractivity contribution in [1.29, 1.82) is 0 Å². The van der Waals surface area contributed by atoms with Crippen molar-refractivity contribution >= 4 is 23.8 Å². The van der Waals surface area contributed by atoms with Crippen molar-refractivity contribution in [3.63, 3.8) is 0 Å². The van der Waals surface area contributed by atoms with Crippen LogP contribution >= 0.6 is 0 Å². The van der Waals surface area contributed by atoms with Crippen LogP contribution in [0.15, 0.2) is 54.6 Å². The minimum atomic E-state index is -1.17. The van der Waals surface area contributed by atoms with Gasteiger partial charge in [0, 0.05) is 17.3 Å². The molecule has 0 bridgehead atoms. The Labute approximate surface area is 132 Å². The van der Waals surface area contributed by atoms with Gasteiger partial charge in [0.25, 0.3) is 0 Å². The fraction of sp³-hybridized carbons (Fsp3) is 0.0588. The van der Waals surface area contributed by atoms with Crippen molar-refractivity contribution in [2.24, 2.45) is 0 Å². The Bertz CT molecular complexity index is 729. The summed E-state index contributed by atoms with van der Waals surface area (Å²) in [7, 11) is 0. The van der Waals surface area contributed by atoms with Gasteiger partial charge in [0.1, 0.15) is 12.4 Å². The van der Waals surface area contributed by atoms with Crippen LogP contribution in [0.2, 0.25) is 0 Å². The first kappa shape index (κ1) is 16.2. The van der Waals surface area contributed by atoms with E-state index in [1.165, 1.54) is 12.1 Å². The third kappa shape index (κ3) is 5.28. The van der Waals surface area contributed by atoms with Gasteiger partial charge in [0.15, 0.2) is 0 Å². The van der Waals surface area contributed by atoms with Crippen LogP contribution in [0.3, 0.4) is 0 Å². The van der Waals surface area contributed by atoms with Crippen LogP contribution in [0.1, 0.15) is 11.1 Å². The molecule has 118 valence electrons. The van der Waals surface area contributed by atoms with Crippen LogP contribution in [0.4, 0.5) is 14.9 Å². The summed E-state index contributed by atoms with van der Waals surface area (Å²) < 4.78 is 18.8. The molecule has 6 heteroatoms. The predicted octanol–water partition coefficient (Wildman–Crippen LogP) is 3.67. The second-order valence-corrected chi connectivity index (χ2v) is 4.59. The van der Waals surface area contributed by atoms with Crippen molar-refractivity contribution in [2.45, 2.75) is 6.61 Å². The third-order valence-corrected chi connectivity index (χ3v) is 2.87. The van der Waals surface area contributed by atoms with Gasteiger partial charge in [-0.15, -0.1) is 0 Å². The fourth-order valence-electron chi connectivity index (χ4n) is 1.78. The zero-order chi connectivity index (χ0) is 16.7. The van der Waals surface area contributed by atoms with Crippen LogP contribution in [0, 0.1) is 5.82 Å². The molecule has 0 aromatic heterocycles. The Morgan fingerprint density at radius 2 is 1.91 bits per heavy atom. The van der Waals surface area contributed by atoms with Gasteiger partial charge in [0.2, 0.25) is 0 Å². The average Bonchev–Trinajstić information content (AvgIpc) is 2.53. The van der Waals surface area contributed by atoms with E-state index in [0.717, 1.165) is 23.8 Å². The number of carboxylic acids is 1. The zero-order valence-corrected chi connectivity index (χ0v) is 12.0. The molecule has 1 amide bonds. The SMILES string of the molecule is O=C(O)C=Cc1ccc(NC(=O)OCc2ccccc2)cc1F. The largest absolute Gasteiger partial charge is 0.478 e. The van der Waals surface area contributed by atoms with Crippen molar-refractivity contribution < 1.29 is 23.8 Å². The van der Waals surface area contributed by atoms with E-state index in [9.17, 15) is 14.0 Å². The van der Waals surface area contributed by atoms with E-state index in [1.54, 1.807) is 0 Å². The van der Waals surface area contributed by atoms with Crippen molar-refractivity contribution in [3.05, 3.63) is 71.6 Å². The second kappa shape index (κ2) is 7.74. The zero-order valence-electron chi connectivity index (χ0n) is 12.0. The quantitative estimate of drug-likeness (QED) is 0.825. The smallest absolute Gasteiger partial charge is 0.411 e. The van der Waals surface area contributed by atoms with Crippen molar-refractivity contribution in [2.75, 3.05) is 5.32 Å². The molecule has 2 rings (SSSR count). The molecule has 0 spiro atoms. The lowest BCUT2D eigenvalue weighted by atomic mass is 10.2. The van der Waals surface area contributed by atoms with E-state index in [-0.39, 0.29) is 17.9 Å². The van der Waals surface area contributed by atoms with Crippen LogP contribution in [0.25, 0.3) is 6.08 Å². The summed E-state index contributed by atoms with van der Waals surface area (Å²) in [4.78, 5) is 22.1. The van der Waals surface area contributed by atoms with Gasteiger partial charge >= 0.3 is 12.1 Å². The van der Waals surface area contributed by atoms with Gasteiger partial charge in [-0.1, -0.05) is 30.3 Å². The molecule has 0 aliphatic rings. The minimum absolute atomic E-state index is 0.106. The molecular weight excluding hydrogens is 301 g/mol. The molecule has 0 fully saturated rings. The molecule has 23 heavy (non-hydrogen) atoms. The predicted molar refractivity (Wildman–Crippen MR) is 83.3 cm³/mol. The number of carboxylic acid groups (broad SMARTS) is 1. The van der Waals surface area contributed by atoms with Gasteiger partial charge in [0.05, 0.1) is 0 Å². The number of anilines is 1. The standard InChI is InChI=1S/C17H14FNO4/c18-15-10-14(8-6-13(15)7-9-16(20)21)19-17(22)23-11-12-4-2-1-3-5-12/h1-10H,11H2,(H,19,22)(H,20,21). The average molecular weight is 315 g/mol. The number of hydrogen-bond donors (Lipinski definition) is 2. The van der Waals surface area contributed by atoms with Crippen LogP contribution in [-0.2, 0) is 16.1 Å². The summed E-state index contributed by atoms with van der Waals surface area (Å²) in [5.41, 5.74) is 1.16. The maximum atomic E-state index is 13.8. The van der Waals surface area contributed by atoms with E-state index < -0.39 is 17.9 Å². The van der Waals surface area contributed by atoms with Crippen molar-refractivity contribution in [3.8, 4) is 0 Å². The maximum absolute atomic E-state index is 13.8. The first-order chi connectivity index (χ1) is 11.0. The monoisotopic (exact) mass is 315 g/mol. The van der Waals surface area contributed by atoms with Crippen LogP contribution < -0.4 is 5.32 Å². The van der Waals surface area contributed by atoms with E-state index in [1.807, 2.05) is 30.3 Å². The fourth-order valence-corrected chi connectivity index (χ4v) is 1.78. The highest BCUT2D eigenvalue weighted by Crippen LogP contribution is 2.16. The molecule has 0 saturated heterocycles. The molecule has 0 radical (unpaired) electrons. The van der Waals surface area contributed by atoms with E-state index in [4.69, 9.17) is 9.84 Å². The number of hydrogen-bond acceptors (Lipinski definition) is 3. The normalized spacial score (nSPS) is 10.5. The van der Waals surface area contributed by atoms with Crippen LogP contribution in [0.5, 0.6) is 0 Å². The van der Waals surface area contributed by atoms with Gasteiger partial charge in [-0.25, -0.2) is 14.0 Å². The first-order valence-electron chi connectivity index (χ1n) is 6.73. The van der Waals surface area contributed by atoms with Gasteiger partial charge in [-0.3, -0.25) is 5.32 Å². The summed E-state index contributed by atoms with van der Waals surface area (Å²) >= 11 is 0. The summed E-state index contributed by atoms with van der Waals surface area (Å²) in [6.45, 7) is 0.106. The van der Waals surface area contributed by atoms with E-state index in [2.05, 4.69) is 5.32 Å².